The van der Waals surface area contributed by atoms with Gasteiger partial charge in [-0.3, -0.25) is 4.79 Å². The van der Waals surface area contributed by atoms with Crippen LogP contribution >= 0.6 is 22.9 Å². The standard InChI is InChI=1S/C9H12ClNO2S/c1-9(2,13)8(12)11-5-6-3-4-7(10)14-6/h3-4,13H,5H2,1-2H3,(H,11,12). The molecule has 0 aliphatic heterocycles. The first-order valence-electron chi connectivity index (χ1n) is 4.14. The summed E-state index contributed by atoms with van der Waals surface area (Å²) in [6, 6.07) is 3.62. The molecule has 0 unspecified atom stereocenters. The van der Waals surface area contributed by atoms with Gasteiger partial charge in [0, 0.05) is 4.88 Å². The van der Waals surface area contributed by atoms with Crippen molar-refractivity contribution in [1.29, 1.82) is 0 Å². The Hall–Kier alpha value is -0.580. The fourth-order valence-electron chi connectivity index (χ4n) is 0.830. The van der Waals surface area contributed by atoms with Gasteiger partial charge in [0.2, 0.25) is 0 Å². The highest BCUT2D eigenvalue weighted by Gasteiger charge is 2.22. The average molecular weight is 234 g/mol. The minimum Gasteiger partial charge on any atom is -0.381 e. The van der Waals surface area contributed by atoms with Crippen molar-refractivity contribution in [1.82, 2.24) is 5.32 Å². The number of halogens is 1. The van der Waals surface area contributed by atoms with Crippen LogP contribution in [0.2, 0.25) is 4.34 Å². The first-order valence-corrected chi connectivity index (χ1v) is 5.34. The van der Waals surface area contributed by atoms with Crippen molar-refractivity contribution in [3.63, 3.8) is 0 Å². The smallest absolute Gasteiger partial charge is 0.251 e. The fraction of sp³-hybridized carbons (Fsp3) is 0.444. The second-order valence-electron chi connectivity index (χ2n) is 3.45. The maximum atomic E-state index is 11.3. The molecule has 0 aliphatic rings. The van der Waals surface area contributed by atoms with Gasteiger partial charge in [0.25, 0.3) is 5.91 Å². The Morgan fingerprint density at radius 1 is 1.64 bits per heavy atom. The molecule has 0 atom stereocenters. The SMILES string of the molecule is CC(C)(O)C(=O)NCc1ccc(Cl)s1. The van der Waals surface area contributed by atoms with Crippen LogP contribution < -0.4 is 5.32 Å². The number of nitrogens with one attached hydrogen (secondary N) is 1. The summed E-state index contributed by atoms with van der Waals surface area (Å²) in [5.41, 5.74) is -1.33. The summed E-state index contributed by atoms with van der Waals surface area (Å²) in [6.07, 6.45) is 0. The average Bonchev–Trinajstić information content (AvgIpc) is 2.45. The third-order valence-corrected chi connectivity index (χ3v) is 2.84. The van der Waals surface area contributed by atoms with Gasteiger partial charge in [-0.05, 0) is 26.0 Å². The monoisotopic (exact) mass is 233 g/mol. The second-order valence-corrected chi connectivity index (χ2v) is 5.25. The van der Waals surface area contributed by atoms with E-state index in [0.717, 1.165) is 4.88 Å². The van der Waals surface area contributed by atoms with E-state index in [4.69, 9.17) is 11.6 Å². The highest BCUT2D eigenvalue weighted by molar-refractivity contribution is 7.16. The summed E-state index contributed by atoms with van der Waals surface area (Å²) in [5, 5.41) is 11.9. The molecule has 14 heavy (non-hydrogen) atoms. The maximum absolute atomic E-state index is 11.3. The zero-order valence-corrected chi connectivity index (χ0v) is 9.58. The zero-order chi connectivity index (χ0) is 10.8. The van der Waals surface area contributed by atoms with Crippen molar-refractivity contribution in [2.45, 2.75) is 26.0 Å². The predicted octanol–water partition coefficient (Wildman–Crippen LogP) is 1.79. The van der Waals surface area contributed by atoms with Crippen molar-refractivity contribution in [2.24, 2.45) is 0 Å². The Morgan fingerprint density at radius 2 is 2.29 bits per heavy atom. The number of thiophene rings is 1. The summed E-state index contributed by atoms with van der Waals surface area (Å²) in [7, 11) is 0. The molecule has 5 heteroatoms. The number of carbonyl (C=O) groups is 1. The van der Waals surface area contributed by atoms with Crippen molar-refractivity contribution >= 4 is 28.8 Å². The molecule has 1 aromatic rings. The van der Waals surface area contributed by atoms with Crippen LogP contribution in [-0.4, -0.2) is 16.6 Å². The highest BCUT2D eigenvalue weighted by atomic mass is 35.5. The van der Waals surface area contributed by atoms with Crippen LogP contribution in [0, 0.1) is 0 Å². The lowest BCUT2D eigenvalue weighted by Crippen LogP contribution is -2.41. The van der Waals surface area contributed by atoms with Gasteiger partial charge in [0.05, 0.1) is 10.9 Å². The number of hydrogen-bond acceptors (Lipinski definition) is 3. The van der Waals surface area contributed by atoms with Crippen molar-refractivity contribution in [2.75, 3.05) is 0 Å². The van der Waals surface area contributed by atoms with Crippen LogP contribution in [0.5, 0.6) is 0 Å². The highest BCUT2D eigenvalue weighted by Crippen LogP contribution is 2.21. The molecule has 78 valence electrons. The molecule has 2 N–H and O–H groups in total. The van der Waals surface area contributed by atoms with Crippen molar-refractivity contribution in [3.8, 4) is 0 Å². The van der Waals surface area contributed by atoms with Crippen LogP contribution in [0.1, 0.15) is 18.7 Å². The Morgan fingerprint density at radius 3 is 2.71 bits per heavy atom. The van der Waals surface area contributed by atoms with Crippen LogP contribution in [0.4, 0.5) is 0 Å². The van der Waals surface area contributed by atoms with E-state index in [1.54, 1.807) is 6.07 Å². The molecular formula is C9H12ClNO2S. The van der Waals surface area contributed by atoms with Crippen molar-refractivity contribution < 1.29 is 9.90 Å². The van der Waals surface area contributed by atoms with Gasteiger partial charge >= 0.3 is 0 Å². The molecule has 1 aromatic heterocycles. The van der Waals surface area contributed by atoms with Crippen LogP contribution in [0.3, 0.4) is 0 Å². The van der Waals surface area contributed by atoms with E-state index in [-0.39, 0.29) is 5.91 Å². The van der Waals surface area contributed by atoms with E-state index in [2.05, 4.69) is 5.32 Å². The fourth-order valence-corrected chi connectivity index (χ4v) is 1.86. The van der Waals surface area contributed by atoms with E-state index < -0.39 is 5.60 Å². The van der Waals surface area contributed by atoms with E-state index in [9.17, 15) is 9.90 Å². The number of hydrogen-bond donors (Lipinski definition) is 2. The molecule has 0 spiro atoms. The van der Waals surface area contributed by atoms with Gasteiger partial charge in [-0.2, -0.15) is 0 Å². The normalized spacial score (nSPS) is 11.4. The largest absolute Gasteiger partial charge is 0.381 e. The number of aliphatic hydroxyl groups is 1. The molecule has 1 amide bonds. The lowest BCUT2D eigenvalue weighted by molar-refractivity contribution is -0.136. The number of amides is 1. The first kappa shape index (κ1) is 11.5. The lowest BCUT2D eigenvalue weighted by Gasteiger charge is -2.15. The van der Waals surface area contributed by atoms with Gasteiger partial charge in [-0.1, -0.05) is 11.6 Å². The molecule has 0 fully saturated rings. The molecule has 0 aliphatic carbocycles. The molecule has 0 radical (unpaired) electrons. The topological polar surface area (TPSA) is 49.3 Å². The molecule has 0 saturated carbocycles. The summed E-state index contributed by atoms with van der Waals surface area (Å²) in [6.45, 7) is 3.30. The molecule has 0 aromatic carbocycles. The van der Waals surface area contributed by atoms with E-state index in [1.165, 1.54) is 25.2 Å². The molecule has 1 heterocycles. The summed E-state index contributed by atoms with van der Waals surface area (Å²) >= 11 is 7.13. The number of rotatable bonds is 3. The van der Waals surface area contributed by atoms with Crippen LogP contribution in [0.25, 0.3) is 0 Å². The molecule has 3 nitrogen and oxygen atoms in total. The minimum absolute atomic E-state index is 0.387. The van der Waals surface area contributed by atoms with Gasteiger partial charge in [-0.25, -0.2) is 0 Å². The third kappa shape index (κ3) is 3.29. The summed E-state index contributed by atoms with van der Waals surface area (Å²) in [5.74, 6) is -0.387. The minimum atomic E-state index is -1.33. The Balaban J connectivity index is 2.46. The molecular weight excluding hydrogens is 222 g/mol. The lowest BCUT2D eigenvalue weighted by atomic mass is 10.1. The zero-order valence-electron chi connectivity index (χ0n) is 8.00. The van der Waals surface area contributed by atoms with Crippen LogP contribution in [-0.2, 0) is 11.3 Å². The van der Waals surface area contributed by atoms with Gasteiger partial charge in [0.1, 0.15) is 5.60 Å². The quantitative estimate of drug-likeness (QED) is 0.836. The molecule has 1 rings (SSSR count). The van der Waals surface area contributed by atoms with E-state index >= 15 is 0 Å². The van der Waals surface area contributed by atoms with E-state index in [1.807, 2.05) is 6.07 Å². The second kappa shape index (κ2) is 4.29. The third-order valence-electron chi connectivity index (χ3n) is 1.61. The first-order chi connectivity index (χ1) is 6.39. The van der Waals surface area contributed by atoms with Gasteiger partial charge in [-0.15, -0.1) is 11.3 Å². The van der Waals surface area contributed by atoms with Crippen LogP contribution in [0.15, 0.2) is 12.1 Å². The Bertz CT molecular complexity index is 330. The van der Waals surface area contributed by atoms with Gasteiger partial charge < -0.3 is 10.4 Å². The predicted molar refractivity (Wildman–Crippen MR) is 57.5 cm³/mol. The Labute approximate surface area is 91.7 Å². The summed E-state index contributed by atoms with van der Waals surface area (Å²) < 4.78 is 0.692. The molecule has 0 bridgehead atoms. The summed E-state index contributed by atoms with van der Waals surface area (Å²) in [4.78, 5) is 12.2. The van der Waals surface area contributed by atoms with E-state index in [0.29, 0.717) is 10.9 Å². The molecule has 0 saturated heterocycles. The maximum Gasteiger partial charge on any atom is 0.251 e. The van der Waals surface area contributed by atoms with Gasteiger partial charge in [0.15, 0.2) is 0 Å². The van der Waals surface area contributed by atoms with Crippen molar-refractivity contribution in [3.05, 3.63) is 21.3 Å². The number of carbonyl (C=O) groups excluding carboxylic acids is 1. The Kier molecular flexibility index (Phi) is 3.53.